The van der Waals surface area contributed by atoms with Crippen molar-refractivity contribution >= 4 is 22.1 Å². The zero-order chi connectivity index (χ0) is 10.8. The van der Waals surface area contributed by atoms with E-state index in [2.05, 4.69) is 4.18 Å². The summed E-state index contributed by atoms with van der Waals surface area (Å²) >= 11 is 5.54. The zero-order valence-electron chi connectivity index (χ0n) is 6.57. The summed E-state index contributed by atoms with van der Waals surface area (Å²) in [6.45, 7) is 0. The maximum atomic E-state index is 12.1. The lowest BCUT2D eigenvalue weighted by Crippen LogP contribution is -2.02. The molecule has 4 nitrogen and oxygen atoms in total. The number of benzene rings is 1. The van der Waals surface area contributed by atoms with Crippen LogP contribution in [0.15, 0.2) is 18.2 Å². The fourth-order valence-electron chi connectivity index (χ4n) is 0.790. The van der Waals surface area contributed by atoms with E-state index < -0.39 is 16.3 Å². The molecule has 14 heavy (non-hydrogen) atoms. The molecule has 0 radical (unpaired) electrons. The SMILES string of the molecule is N#Cc1c(Cl)cccc1OS(=O)(=O)F. The normalized spacial score (nSPS) is 10.6. The van der Waals surface area contributed by atoms with Gasteiger partial charge in [0.05, 0.1) is 5.02 Å². The maximum absolute atomic E-state index is 12.1. The quantitative estimate of drug-likeness (QED) is 0.733. The highest BCUT2D eigenvalue weighted by Gasteiger charge is 2.15. The van der Waals surface area contributed by atoms with Crippen molar-refractivity contribution in [2.45, 2.75) is 0 Å². The first-order valence-electron chi connectivity index (χ1n) is 3.27. The fourth-order valence-corrected chi connectivity index (χ4v) is 1.35. The van der Waals surface area contributed by atoms with Gasteiger partial charge < -0.3 is 4.18 Å². The minimum atomic E-state index is -5.14. The molecule has 0 aliphatic carbocycles. The number of nitriles is 1. The van der Waals surface area contributed by atoms with Gasteiger partial charge in [-0.25, -0.2) is 0 Å². The van der Waals surface area contributed by atoms with Crippen molar-refractivity contribution in [3.63, 3.8) is 0 Å². The van der Waals surface area contributed by atoms with E-state index in [0.29, 0.717) is 0 Å². The molecule has 0 atom stereocenters. The lowest BCUT2D eigenvalue weighted by molar-refractivity contribution is 0.439. The Labute approximate surface area is 84.9 Å². The smallest absolute Gasteiger partial charge is 0.357 e. The van der Waals surface area contributed by atoms with E-state index in [1.54, 1.807) is 6.07 Å². The Morgan fingerprint density at radius 2 is 2.14 bits per heavy atom. The Balaban J connectivity index is 3.24. The highest BCUT2D eigenvalue weighted by molar-refractivity contribution is 7.81. The average molecular weight is 236 g/mol. The van der Waals surface area contributed by atoms with Gasteiger partial charge in [0, 0.05) is 0 Å². The first kappa shape index (κ1) is 10.8. The molecule has 1 aromatic rings. The summed E-state index contributed by atoms with van der Waals surface area (Å²) in [6, 6.07) is 5.42. The third kappa shape index (κ3) is 2.58. The second-order valence-corrected chi connectivity index (χ2v) is 3.56. The Kier molecular flexibility index (Phi) is 2.93. The summed E-state index contributed by atoms with van der Waals surface area (Å²) in [6.07, 6.45) is 0. The van der Waals surface area contributed by atoms with Crippen LogP contribution in [0.2, 0.25) is 5.02 Å². The minimum absolute atomic E-state index is 0.00588. The van der Waals surface area contributed by atoms with Gasteiger partial charge in [-0.2, -0.15) is 13.7 Å². The van der Waals surface area contributed by atoms with Gasteiger partial charge in [0.1, 0.15) is 11.6 Å². The van der Waals surface area contributed by atoms with E-state index in [0.717, 1.165) is 6.07 Å². The van der Waals surface area contributed by atoms with E-state index >= 15 is 0 Å². The Morgan fingerprint density at radius 1 is 1.50 bits per heavy atom. The van der Waals surface area contributed by atoms with Gasteiger partial charge in [0.25, 0.3) is 0 Å². The Hall–Kier alpha value is -1.32. The van der Waals surface area contributed by atoms with Crippen molar-refractivity contribution in [3.8, 4) is 11.8 Å². The van der Waals surface area contributed by atoms with Crippen LogP contribution in [0, 0.1) is 11.3 Å². The second-order valence-electron chi connectivity index (χ2n) is 2.20. The third-order valence-corrected chi connectivity index (χ3v) is 1.97. The van der Waals surface area contributed by atoms with Crippen LogP contribution in [0.4, 0.5) is 3.89 Å². The topological polar surface area (TPSA) is 67.2 Å². The lowest BCUT2D eigenvalue weighted by Gasteiger charge is -2.02. The molecule has 1 rings (SSSR count). The number of hydrogen-bond donors (Lipinski definition) is 0. The van der Waals surface area contributed by atoms with Crippen molar-refractivity contribution in [2.75, 3.05) is 0 Å². The minimum Gasteiger partial charge on any atom is -0.357 e. The van der Waals surface area contributed by atoms with Crippen molar-refractivity contribution in [1.29, 1.82) is 5.26 Å². The Bertz CT molecular complexity index is 494. The van der Waals surface area contributed by atoms with Gasteiger partial charge in [-0.3, -0.25) is 0 Å². The van der Waals surface area contributed by atoms with Crippen LogP contribution in [0.3, 0.4) is 0 Å². The summed E-state index contributed by atoms with van der Waals surface area (Å²) in [7, 11) is -5.14. The highest BCUT2D eigenvalue weighted by Crippen LogP contribution is 2.26. The van der Waals surface area contributed by atoms with Crippen LogP contribution in [-0.4, -0.2) is 8.42 Å². The highest BCUT2D eigenvalue weighted by atomic mass is 35.5. The first-order chi connectivity index (χ1) is 6.44. The van der Waals surface area contributed by atoms with Gasteiger partial charge >= 0.3 is 10.5 Å². The van der Waals surface area contributed by atoms with Crippen LogP contribution in [0.5, 0.6) is 5.75 Å². The molecule has 1 aromatic carbocycles. The fraction of sp³-hybridized carbons (Fsp3) is 0. The van der Waals surface area contributed by atoms with E-state index in [-0.39, 0.29) is 10.6 Å². The second kappa shape index (κ2) is 3.82. The summed E-state index contributed by atoms with van der Waals surface area (Å²) in [4.78, 5) is 0. The molecule has 0 fully saturated rings. The zero-order valence-corrected chi connectivity index (χ0v) is 8.14. The lowest BCUT2D eigenvalue weighted by atomic mass is 10.2. The molecule has 0 N–H and O–H groups in total. The van der Waals surface area contributed by atoms with Gasteiger partial charge in [0.15, 0.2) is 5.75 Å². The summed E-state index contributed by atoms with van der Waals surface area (Å²) in [5, 5.41) is 8.56. The van der Waals surface area contributed by atoms with Crippen LogP contribution in [0.1, 0.15) is 5.56 Å². The molecule has 0 aliphatic rings. The molecule has 74 valence electrons. The van der Waals surface area contributed by atoms with Gasteiger partial charge in [-0.1, -0.05) is 21.6 Å². The molecule has 7 heteroatoms. The maximum Gasteiger partial charge on any atom is 0.488 e. The van der Waals surface area contributed by atoms with Crippen molar-refractivity contribution in [3.05, 3.63) is 28.8 Å². The number of hydrogen-bond acceptors (Lipinski definition) is 4. The van der Waals surface area contributed by atoms with E-state index in [9.17, 15) is 12.3 Å². The van der Waals surface area contributed by atoms with Crippen LogP contribution >= 0.6 is 11.6 Å². The number of rotatable bonds is 2. The van der Waals surface area contributed by atoms with Crippen molar-refractivity contribution in [1.82, 2.24) is 0 Å². The largest absolute Gasteiger partial charge is 0.488 e. The van der Waals surface area contributed by atoms with Crippen molar-refractivity contribution in [2.24, 2.45) is 0 Å². The summed E-state index contributed by atoms with van der Waals surface area (Å²) < 4.78 is 36.3. The molecule has 0 aromatic heterocycles. The average Bonchev–Trinajstić information content (AvgIpc) is 2.01. The molecule has 0 heterocycles. The monoisotopic (exact) mass is 235 g/mol. The predicted octanol–water partition coefficient (Wildman–Crippen LogP) is 1.80. The third-order valence-electron chi connectivity index (χ3n) is 1.28. The van der Waals surface area contributed by atoms with Gasteiger partial charge in [0.2, 0.25) is 0 Å². The van der Waals surface area contributed by atoms with E-state index in [1.807, 2.05) is 0 Å². The van der Waals surface area contributed by atoms with Crippen LogP contribution in [-0.2, 0) is 10.5 Å². The predicted molar refractivity (Wildman–Crippen MR) is 46.8 cm³/mol. The van der Waals surface area contributed by atoms with E-state index in [1.165, 1.54) is 12.1 Å². The molecule has 0 bridgehead atoms. The van der Waals surface area contributed by atoms with Gasteiger partial charge in [-0.05, 0) is 12.1 Å². The standard InChI is InChI=1S/C7H3ClFNO3S/c8-6-2-1-3-7(5(6)4-10)13-14(9,11)12/h1-3H. The molecule has 0 spiro atoms. The number of halogens is 2. The molecular formula is C7H3ClFNO3S. The van der Waals surface area contributed by atoms with Crippen LogP contribution in [0.25, 0.3) is 0 Å². The molecular weight excluding hydrogens is 233 g/mol. The molecule has 0 aliphatic heterocycles. The van der Waals surface area contributed by atoms with E-state index in [4.69, 9.17) is 16.9 Å². The Morgan fingerprint density at radius 3 is 2.64 bits per heavy atom. The molecule has 0 unspecified atom stereocenters. The first-order valence-corrected chi connectivity index (χ1v) is 4.95. The molecule has 0 saturated heterocycles. The summed E-state index contributed by atoms with van der Waals surface area (Å²) in [5.74, 6) is -0.428. The molecule has 0 amide bonds. The molecule has 0 saturated carbocycles. The van der Waals surface area contributed by atoms with Gasteiger partial charge in [-0.15, -0.1) is 0 Å². The number of nitrogens with zero attached hydrogens (tertiary/aromatic N) is 1. The van der Waals surface area contributed by atoms with Crippen molar-refractivity contribution < 1.29 is 16.5 Å². The summed E-state index contributed by atoms with van der Waals surface area (Å²) in [5.41, 5.74) is -0.226. The van der Waals surface area contributed by atoms with Crippen LogP contribution < -0.4 is 4.18 Å².